The van der Waals surface area contributed by atoms with E-state index in [-0.39, 0.29) is 5.76 Å². The third-order valence-corrected chi connectivity index (χ3v) is 2.76. The number of benzene rings is 1. The van der Waals surface area contributed by atoms with E-state index in [1.807, 2.05) is 24.3 Å². The average Bonchev–Trinajstić information content (AvgIpc) is 2.61. The maximum absolute atomic E-state index is 10.8. The van der Waals surface area contributed by atoms with Gasteiger partial charge in [0.1, 0.15) is 5.69 Å². The molecule has 1 aromatic heterocycles. The lowest BCUT2D eigenvalue weighted by atomic mass is 10.1. The Morgan fingerprint density at radius 1 is 1.38 bits per heavy atom. The van der Waals surface area contributed by atoms with Crippen LogP contribution in [0.1, 0.15) is 16.1 Å². The maximum atomic E-state index is 10.8. The summed E-state index contributed by atoms with van der Waals surface area (Å²) in [5.74, 6) is -1.22. The van der Waals surface area contributed by atoms with Gasteiger partial charge in [-0.25, -0.2) is 4.79 Å². The zero-order valence-corrected chi connectivity index (χ0v) is 9.98. The number of rotatable bonds is 2. The largest absolute Gasteiger partial charge is 0.475 e. The molecule has 2 aromatic rings. The van der Waals surface area contributed by atoms with Gasteiger partial charge in [-0.1, -0.05) is 33.2 Å². The van der Waals surface area contributed by atoms with Gasteiger partial charge in [0.15, 0.2) is 0 Å². The number of hydrogen-bond acceptors (Lipinski definition) is 3. The van der Waals surface area contributed by atoms with Crippen LogP contribution in [-0.2, 0) is 0 Å². The Hall–Kier alpha value is -1.62. The highest BCUT2D eigenvalue weighted by Gasteiger charge is 2.18. The molecule has 0 saturated heterocycles. The molecule has 0 spiro atoms. The number of halogens is 1. The predicted octanol–water partition coefficient (Wildman–Crippen LogP) is 3.11. The molecule has 0 fully saturated rings. The van der Waals surface area contributed by atoms with Crippen molar-refractivity contribution in [1.82, 2.24) is 5.16 Å². The summed E-state index contributed by atoms with van der Waals surface area (Å²) in [4.78, 5) is 10.8. The molecule has 1 aromatic carbocycles. The van der Waals surface area contributed by atoms with Gasteiger partial charge in [0.25, 0.3) is 0 Å². The minimum atomic E-state index is -1.10. The number of aromatic nitrogens is 1. The van der Waals surface area contributed by atoms with Crippen molar-refractivity contribution in [3.8, 4) is 11.3 Å². The van der Waals surface area contributed by atoms with Crippen molar-refractivity contribution in [3.63, 3.8) is 0 Å². The van der Waals surface area contributed by atoms with E-state index in [9.17, 15) is 4.79 Å². The van der Waals surface area contributed by atoms with E-state index in [0.29, 0.717) is 11.3 Å². The topological polar surface area (TPSA) is 63.3 Å². The molecule has 0 unspecified atom stereocenters. The van der Waals surface area contributed by atoms with Crippen molar-refractivity contribution < 1.29 is 14.4 Å². The van der Waals surface area contributed by atoms with Gasteiger partial charge in [-0.3, -0.25) is 0 Å². The summed E-state index contributed by atoms with van der Waals surface area (Å²) in [5, 5.41) is 12.6. The number of hydrogen-bond donors (Lipinski definition) is 1. The molecule has 1 N–H and O–H groups in total. The fourth-order valence-electron chi connectivity index (χ4n) is 1.41. The van der Waals surface area contributed by atoms with Crippen LogP contribution in [0.5, 0.6) is 0 Å². The third kappa shape index (κ3) is 1.86. The van der Waals surface area contributed by atoms with Gasteiger partial charge in [-0.15, -0.1) is 0 Å². The molecule has 0 radical (unpaired) electrons. The first-order chi connectivity index (χ1) is 7.59. The second-order valence-electron chi connectivity index (χ2n) is 3.30. The van der Waals surface area contributed by atoms with Crippen molar-refractivity contribution in [2.45, 2.75) is 6.92 Å². The Labute approximate surface area is 100 Å². The number of nitrogens with zero attached hydrogens (tertiary/aromatic N) is 1. The molecular formula is C11H8BrNO3. The highest BCUT2D eigenvalue weighted by molar-refractivity contribution is 9.10. The molecule has 0 aliphatic rings. The second-order valence-corrected chi connectivity index (χ2v) is 4.21. The molecule has 0 aliphatic carbocycles. The van der Waals surface area contributed by atoms with Crippen LogP contribution in [0.25, 0.3) is 11.3 Å². The van der Waals surface area contributed by atoms with Gasteiger partial charge in [0, 0.05) is 15.6 Å². The molecule has 1 heterocycles. The van der Waals surface area contributed by atoms with E-state index in [1.54, 1.807) is 6.92 Å². The summed E-state index contributed by atoms with van der Waals surface area (Å²) in [6, 6.07) is 7.43. The van der Waals surface area contributed by atoms with Crippen LogP contribution in [0.3, 0.4) is 0 Å². The number of carboxylic acid groups (broad SMARTS) is 1. The normalized spacial score (nSPS) is 10.4. The van der Waals surface area contributed by atoms with Crippen molar-refractivity contribution >= 4 is 21.9 Å². The van der Waals surface area contributed by atoms with Gasteiger partial charge in [0.2, 0.25) is 5.76 Å². The highest BCUT2D eigenvalue weighted by atomic mass is 79.9. The summed E-state index contributed by atoms with van der Waals surface area (Å²) in [6.45, 7) is 1.68. The monoisotopic (exact) mass is 281 g/mol. The molecule has 2 rings (SSSR count). The summed E-state index contributed by atoms with van der Waals surface area (Å²) < 4.78 is 5.73. The molecule has 16 heavy (non-hydrogen) atoms. The Kier molecular flexibility index (Phi) is 2.78. The predicted molar refractivity (Wildman–Crippen MR) is 61.3 cm³/mol. The van der Waals surface area contributed by atoms with Gasteiger partial charge in [-0.2, -0.15) is 0 Å². The standard InChI is InChI=1S/C11H8BrNO3/c1-6-9(13-16-10(6)11(14)15)7-2-4-8(12)5-3-7/h2-5H,1H3,(H,14,15). The Balaban J connectivity index is 2.49. The molecule has 0 atom stereocenters. The smallest absolute Gasteiger partial charge is 0.375 e. The summed E-state index contributed by atoms with van der Waals surface area (Å²) in [6.07, 6.45) is 0. The van der Waals surface area contributed by atoms with Crippen LogP contribution in [0, 0.1) is 6.92 Å². The number of aromatic carboxylic acids is 1. The third-order valence-electron chi connectivity index (χ3n) is 2.24. The van der Waals surface area contributed by atoms with Crippen LogP contribution in [0.2, 0.25) is 0 Å². The average molecular weight is 282 g/mol. The van der Waals surface area contributed by atoms with Crippen molar-refractivity contribution in [2.24, 2.45) is 0 Å². The van der Waals surface area contributed by atoms with E-state index in [0.717, 1.165) is 10.0 Å². The van der Waals surface area contributed by atoms with Crippen LogP contribution in [0.15, 0.2) is 33.3 Å². The van der Waals surface area contributed by atoms with Crippen molar-refractivity contribution in [1.29, 1.82) is 0 Å². The maximum Gasteiger partial charge on any atom is 0.375 e. The number of carbonyl (C=O) groups is 1. The van der Waals surface area contributed by atoms with Crippen molar-refractivity contribution in [2.75, 3.05) is 0 Å². The van der Waals surface area contributed by atoms with Gasteiger partial charge >= 0.3 is 5.97 Å². The van der Waals surface area contributed by atoms with Gasteiger partial charge in [0.05, 0.1) is 0 Å². The van der Waals surface area contributed by atoms with Gasteiger partial charge < -0.3 is 9.63 Å². The van der Waals surface area contributed by atoms with E-state index < -0.39 is 5.97 Å². The van der Waals surface area contributed by atoms with E-state index >= 15 is 0 Å². The van der Waals surface area contributed by atoms with Gasteiger partial charge in [-0.05, 0) is 19.1 Å². The summed E-state index contributed by atoms with van der Waals surface area (Å²) >= 11 is 3.33. The zero-order chi connectivity index (χ0) is 11.7. The highest BCUT2D eigenvalue weighted by Crippen LogP contribution is 2.25. The molecule has 0 bridgehead atoms. The molecule has 5 heteroatoms. The fraction of sp³-hybridized carbons (Fsp3) is 0.0909. The minimum Gasteiger partial charge on any atom is -0.475 e. The van der Waals surface area contributed by atoms with E-state index in [2.05, 4.69) is 21.1 Å². The first-order valence-electron chi connectivity index (χ1n) is 4.55. The molecule has 4 nitrogen and oxygen atoms in total. The SMILES string of the molecule is Cc1c(-c2ccc(Br)cc2)noc1C(=O)O. The lowest BCUT2D eigenvalue weighted by Gasteiger charge is -1.97. The molecule has 0 aliphatic heterocycles. The summed E-state index contributed by atoms with van der Waals surface area (Å²) in [5.41, 5.74) is 1.93. The minimum absolute atomic E-state index is 0.113. The Morgan fingerprint density at radius 3 is 2.50 bits per heavy atom. The van der Waals surface area contributed by atoms with Crippen LogP contribution in [0.4, 0.5) is 0 Å². The lowest BCUT2D eigenvalue weighted by molar-refractivity contribution is 0.0651. The molecule has 0 amide bonds. The number of carboxylic acids is 1. The lowest BCUT2D eigenvalue weighted by Crippen LogP contribution is -1.95. The van der Waals surface area contributed by atoms with Crippen LogP contribution in [-0.4, -0.2) is 16.2 Å². The van der Waals surface area contributed by atoms with E-state index in [4.69, 9.17) is 9.63 Å². The first kappa shape index (κ1) is 10.9. The Morgan fingerprint density at radius 2 is 2.00 bits per heavy atom. The zero-order valence-electron chi connectivity index (χ0n) is 8.40. The van der Waals surface area contributed by atoms with E-state index in [1.165, 1.54) is 0 Å². The fourth-order valence-corrected chi connectivity index (χ4v) is 1.68. The molecule has 82 valence electrons. The second kappa shape index (κ2) is 4.09. The van der Waals surface area contributed by atoms with Crippen molar-refractivity contribution in [3.05, 3.63) is 40.1 Å². The quantitative estimate of drug-likeness (QED) is 0.919. The molecule has 0 saturated carbocycles. The summed E-state index contributed by atoms with van der Waals surface area (Å²) in [7, 11) is 0. The van der Waals surface area contributed by atoms with Crippen LogP contribution >= 0.6 is 15.9 Å². The molecular weight excluding hydrogens is 274 g/mol. The Bertz CT molecular complexity index is 531. The van der Waals surface area contributed by atoms with Crippen LogP contribution < -0.4 is 0 Å². The first-order valence-corrected chi connectivity index (χ1v) is 5.34.